The fraction of sp³-hybridized carbons (Fsp3) is 0.800. The van der Waals surface area contributed by atoms with Gasteiger partial charge in [0.25, 0.3) is 0 Å². The predicted octanol–water partition coefficient (Wildman–Crippen LogP) is 4.75. The molecule has 0 amide bonds. The summed E-state index contributed by atoms with van der Waals surface area (Å²) in [6, 6.07) is 0. The number of carbonyl (C=O) groups is 1. The van der Waals surface area contributed by atoms with Gasteiger partial charge in [0, 0.05) is 5.57 Å². The van der Waals surface area contributed by atoms with Gasteiger partial charge in [-0.25, -0.2) is 4.79 Å². The molecule has 0 heterocycles. The fourth-order valence-electron chi connectivity index (χ4n) is 1.43. The molecule has 0 aromatic heterocycles. The van der Waals surface area contributed by atoms with Gasteiger partial charge in [0.2, 0.25) is 0 Å². The molecule has 0 fully saturated rings. The molecule has 3 radical (unpaired) electrons. The molecule has 3 heteroatoms. The van der Waals surface area contributed by atoms with Crippen molar-refractivity contribution in [3.63, 3.8) is 0 Å². The molecule has 1 N–H and O–H groups in total. The van der Waals surface area contributed by atoms with Gasteiger partial charge in [-0.05, 0) is 6.92 Å². The second-order valence-corrected chi connectivity index (χ2v) is 7.10. The van der Waals surface area contributed by atoms with E-state index >= 15 is 0 Å². The van der Waals surface area contributed by atoms with Crippen molar-refractivity contribution in [3.8, 4) is 0 Å². The van der Waals surface area contributed by atoms with Crippen molar-refractivity contribution in [3.05, 3.63) is 12.2 Å². The van der Waals surface area contributed by atoms with Crippen LogP contribution in [0, 0.1) is 0 Å². The van der Waals surface area contributed by atoms with Crippen molar-refractivity contribution in [1.82, 2.24) is 0 Å². The molecule has 0 aliphatic heterocycles. The molecule has 2 nitrogen and oxygen atoms in total. The van der Waals surface area contributed by atoms with Gasteiger partial charge in [0.15, 0.2) is 0 Å². The minimum atomic E-state index is -0.935. The quantitative estimate of drug-likeness (QED) is 0.366. The second kappa shape index (κ2) is 15.1. The van der Waals surface area contributed by atoms with Gasteiger partial charge in [-0.2, -0.15) is 0 Å². The van der Waals surface area contributed by atoms with Crippen LogP contribution in [0.15, 0.2) is 12.2 Å². The third-order valence-electron chi connectivity index (χ3n) is 2.68. The zero-order valence-electron chi connectivity index (χ0n) is 12.3. The van der Waals surface area contributed by atoms with Crippen molar-refractivity contribution in [2.24, 2.45) is 0 Å². The zero-order chi connectivity index (χ0) is 14.4. The van der Waals surface area contributed by atoms with E-state index in [4.69, 9.17) is 5.11 Å². The maximum absolute atomic E-state index is 9.60. The Balaban J connectivity index is 0. The van der Waals surface area contributed by atoms with Crippen LogP contribution in [0.5, 0.6) is 0 Å². The van der Waals surface area contributed by atoms with E-state index in [0.29, 0.717) is 0 Å². The van der Waals surface area contributed by atoms with Crippen LogP contribution in [0.1, 0.15) is 72.1 Å². The zero-order valence-corrected chi connectivity index (χ0v) is 15.2. The van der Waals surface area contributed by atoms with Crippen LogP contribution < -0.4 is 0 Å². The van der Waals surface area contributed by atoms with Crippen molar-refractivity contribution in [2.45, 2.75) is 76.1 Å². The molecule has 0 saturated heterocycles. The molecule has 0 aromatic rings. The molecular weight excluding hydrogens is 331 g/mol. The average Bonchev–Trinajstić information content (AvgIpc) is 2.30. The second-order valence-electron chi connectivity index (χ2n) is 4.77. The molecule has 0 aliphatic rings. The van der Waals surface area contributed by atoms with E-state index in [1.54, 1.807) is 22.5 Å². The molecule has 0 bridgehead atoms. The van der Waals surface area contributed by atoms with Gasteiger partial charge in [-0.3, -0.25) is 0 Å². The summed E-state index contributed by atoms with van der Waals surface area (Å²) >= 11 is 1.77. The van der Waals surface area contributed by atoms with Crippen molar-refractivity contribution < 1.29 is 9.90 Å². The van der Waals surface area contributed by atoms with Crippen molar-refractivity contribution in [2.75, 3.05) is 0 Å². The molecule has 0 aromatic carbocycles. The normalized spacial score (nSPS) is 9.83. The summed E-state index contributed by atoms with van der Waals surface area (Å²) < 4.78 is 1.07. The van der Waals surface area contributed by atoms with Crippen LogP contribution in [0.4, 0.5) is 0 Å². The maximum atomic E-state index is 9.60. The van der Waals surface area contributed by atoms with Crippen LogP contribution in [0.2, 0.25) is 3.93 Å². The standard InChI is InChI=1S/C11H23.C4H6O2.Sn/c1-3-5-7-9-11-10-8-6-4-2;1-3(2)4(5)6;/h11H,3-10H2,1-2H3;1H2,2H3,(H,5,6);. The van der Waals surface area contributed by atoms with E-state index in [0.717, 1.165) is 3.93 Å². The van der Waals surface area contributed by atoms with Crippen molar-refractivity contribution >= 4 is 28.5 Å². The first-order valence-electron chi connectivity index (χ1n) is 7.05. The summed E-state index contributed by atoms with van der Waals surface area (Å²) in [5, 5.41) is 7.89. The number of hydrogen-bond acceptors (Lipinski definition) is 1. The van der Waals surface area contributed by atoms with E-state index < -0.39 is 5.97 Å². The fourth-order valence-corrected chi connectivity index (χ4v) is 2.59. The first kappa shape index (κ1) is 20.3. The van der Waals surface area contributed by atoms with Crippen LogP contribution >= 0.6 is 0 Å². The molecule has 105 valence electrons. The van der Waals surface area contributed by atoms with E-state index in [-0.39, 0.29) is 5.57 Å². The third kappa shape index (κ3) is 18.4. The van der Waals surface area contributed by atoms with Crippen molar-refractivity contribution in [1.29, 1.82) is 0 Å². The minimum absolute atomic E-state index is 0.176. The Morgan fingerprint density at radius 2 is 1.44 bits per heavy atom. The number of aliphatic carboxylic acids is 1. The summed E-state index contributed by atoms with van der Waals surface area (Å²) in [6.45, 7) is 9.18. The van der Waals surface area contributed by atoms with E-state index in [1.807, 2.05) is 0 Å². The van der Waals surface area contributed by atoms with E-state index in [9.17, 15) is 4.79 Å². The van der Waals surface area contributed by atoms with Gasteiger partial charge >= 0.3 is 97.6 Å². The number of rotatable bonds is 9. The molecule has 18 heavy (non-hydrogen) atoms. The predicted molar refractivity (Wildman–Crippen MR) is 80.2 cm³/mol. The van der Waals surface area contributed by atoms with Gasteiger partial charge in [0.05, 0.1) is 0 Å². The first-order valence-corrected chi connectivity index (χ1v) is 8.70. The summed E-state index contributed by atoms with van der Waals surface area (Å²) in [5.74, 6) is -0.935. The monoisotopic (exact) mass is 361 g/mol. The Hall–Kier alpha value is 0.00870. The Bertz CT molecular complexity index is 193. The molecular formula is C15H29O2Sn. The summed E-state index contributed by atoms with van der Waals surface area (Å²) in [7, 11) is 0. The van der Waals surface area contributed by atoms with Crippen LogP contribution in [0.3, 0.4) is 0 Å². The number of hydrogen-bond donors (Lipinski definition) is 1. The van der Waals surface area contributed by atoms with Gasteiger partial charge in [-0.15, -0.1) is 0 Å². The Labute approximate surface area is 126 Å². The Morgan fingerprint density at radius 3 is 1.67 bits per heavy atom. The molecule has 0 spiro atoms. The summed E-state index contributed by atoms with van der Waals surface area (Å²) in [4.78, 5) is 9.60. The number of carboxylic acids is 1. The van der Waals surface area contributed by atoms with Crippen LogP contribution in [0.25, 0.3) is 0 Å². The topological polar surface area (TPSA) is 37.3 Å². The van der Waals surface area contributed by atoms with Gasteiger partial charge < -0.3 is 5.11 Å². The Morgan fingerprint density at radius 1 is 1.11 bits per heavy atom. The molecule has 0 rings (SSSR count). The number of unbranched alkanes of at least 4 members (excludes halogenated alkanes) is 4. The van der Waals surface area contributed by atoms with Crippen LogP contribution in [-0.2, 0) is 4.79 Å². The van der Waals surface area contributed by atoms with Gasteiger partial charge in [-0.1, -0.05) is 6.58 Å². The van der Waals surface area contributed by atoms with E-state index in [1.165, 1.54) is 58.3 Å². The Kier molecular flexibility index (Phi) is 17.0. The first-order chi connectivity index (χ1) is 8.45. The molecule has 0 aliphatic carbocycles. The number of carboxylic acid groups (broad SMARTS) is 1. The molecule has 0 saturated carbocycles. The molecule has 0 unspecified atom stereocenters. The SMILES string of the molecule is C=C(C)C(=O)O.CCCCC[CH]([Sn])CCCCC. The van der Waals surface area contributed by atoms with E-state index in [2.05, 4.69) is 20.4 Å². The summed E-state index contributed by atoms with van der Waals surface area (Å²) in [5.41, 5.74) is 0.176. The van der Waals surface area contributed by atoms with Crippen LogP contribution in [-0.4, -0.2) is 33.6 Å². The molecule has 0 atom stereocenters. The summed E-state index contributed by atoms with van der Waals surface area (Å²) in [6.07, 6.45) is 11.6. The average molecular weight is 360 g/mol. The van der Waals surface area contributed by atoms with Gasteiger partial charge in [0.1, 0.15) is 0 Å². The third-order valence-corrected chi connectivity index (χ3v) is 4.33.